The first-order valence-electron chi connectivity index (χ1n) is 4.25. The molecule has 0 fully saturated rings. The van der Waals surface area contributed by atoms with E-state index < -0.39 is 0 Å². The maximum Gasteiger partial charge on any atom is 0.0944 e. The second-order valence-electron chi connectivity index (χ2n) is 3.14. The number of hydrogen-bond donors (Lipinski definition) is 2. The lowest BCUT2D eigenvalue weighted by Gasteiger charge is -2.03. The Bertz CT molecular complexity index is 462. The molecule has 3 N–H and O–H groups in total. The van der Waals surface area contributed by atoms with Crippen LogP contribution in [0.2, 0.25) is 5.02 Å². The molecule has 0 radical (unpaired) electrons. The molecule has 0 spiro atoms. The number of halogens is 1. The summed E-state index contributed by atoms with van der Waals surface area (Å²) in [4.78, 5) is 0. The van der Waals surface area contributed by atoms with Crippen LogP contribution in [0.4, 0.5) is 5.69 Å². The van der Waals surface area contributed by atoms with Gasteiger partial charge in [0, 0.05) is 11.3 Å². The molecule has 0 atom stereocenters. The topological polar surface area (TPSA) is 54.7 Å². The van der Waals surface area contributed by atoms with E-state index in [0.717, 1.165) is 17.0 Å². The average Bonchev–Trinajstić information content (AvgIpc) is 2.57. The fourth-order valence-electron chi connectivity index (χ4n) is 1.32. The summed E-state index contributed by atoms with van der Waals surface area (Å²) in [5, 5.41) is 7.55. The Morgan fingerprint density at radius 3 is 2.86 bits per heavy atom. The third-order valence-electron chi connectivity index (χ3n) is 2.03. The van der Waals surface area contributed by atoms with Crippen molar-refractivity contribution in [1.29, 1.82) is 0 Å². The van der Waals surface area contributed by atoms with Crippen molar-refractivity contribution in [2.75, 3.05) is 5.73 Å². The number of nitrogens with one attached hydrogen (secondary N) is 1. The van der Waals surface area contributed by atoms with E-state index in [-0.39, 0.29) is 0 Å². The third kappa shape index (κ3) is 1.46. The molecule has 1 heterocycles. The minimum absolute atomic E-state index is 0.558. The van der Waals surface area contributed by atoms with E-state index in [4.69, 9.17) is 17.3 Å². The van der Waals surface area contributed by atoms with E-state index >= 15 is 0 Å². The predicted molar refractivity (Wildman–Crippen MR) is 58.2 cm³/mol. The number of para-hydroxylation sites is 1. The van der Waals surface area contributed by atoms with Crippen molar-refractivity contribution in [2.45, 2.75) is 6.92 Å². The van der Waals surface area contributed by atoms with Crippen LogP contribution < -0.4 is 5.73 Å². The van der Waals surface area contributed by atoms with Gasteiger partial charge < -0.3 is 5.73 Å². The molecule has 1 aromatic carbocycles. The van der Waals surface area contributed by atoms with Crippen LogP contribution in [0.15, 0.2) is 24.3 Å². The van der Waals surface area contributed by atoms with Crippen LogP contribution in [0.25, 0.3) is 11.3 Å². The van der Waals surface area contributed by atoms with Gasteiger partial charge in [-0.25, -0.2) is 0 Å². The molecular formula is C10H10ClN3. The van der Waals surface area contributed by atoms with Crippen LogP contribution in [-0.4, -0.2) is 10.2 Å². The Labute approximate surface area is 86.9 Å². The number of nitrogen functional groups attached to an aromatic ring is 1. The molecule has 14 heavy (non-hydrogen) atoms. The smallest absolute Gasteiger partial charge is 0.0944 e. The number of anilines is 1. The van der Waals surface area contributed by atoms with Crippen LogP contribution in [0.3, 0.4) is 0 Å². The highest BCUT2D eigenvalue weighted by atomic mass is 35.5. The average molecular weight is 208 g/mol. The summed E-state index contributed by atoms with van der Waals surface area (Å²) in [7, 11) is 0. The number of H-pyrrole nitrogens is 1. The molecule has 0 aliphatic carbocycles. The van der Waals surface area contributed by atoms with Crippen molar-refractivity contribution >= 4 is 17.3 Å². The number of rotatable bonds is 1. The van der Waals surface area contributed by atoms with Gasteiger partial charge in [-0.3, -0.25) is 5.10 Å². The van der Waals surface area contributed by atoms with E-state index in [1.807, 2.05) is 25.1 Å². The normalized spacial score (nSPS) is 10.4. The van der Waals surface area contributed by atoms with Crippen molar-refractivity contribution in [3.8, 4) is 11.3 Å². The zero-order valence-corrected chi connectivity index (χ0v) is 8.47. The maximum atomic E-state index is 5.91. The fourth-order valence-corrected chi connectivity index (χ4v) is 1.49. The minimum atomic E-state index is 0.558. The van der Waals surface area contributed by atoms with Gasteiger partial charge in [-0.2, -0.15) is 5.10 Å². The SMILES string of the molecule is Cc1cc(-c2cccc(Cl)c2N)n[nH]1. The van der Waals surface area contributed by atoms with Crippen molar-refractivity contribution < 1.29 is 0 Å². The predicted octanol–water partition coefficient (Wildman–Crippen LogP) is 2.62. The first-order chi connectivity index (χ1) is 6.68. The molecule has 72 valence electrons. The van der Waals surface area contributed by atoms with Gasteiger partial charge in [0.25, 0.3) is 0 Å². The zero-order valence-electron chi connectivity index (χ0n) is 7.71. The molecule has 2 aromatic rings. The van der Waals surface area contributed by atoms with Crippen molar-refractivity contribution in [1.82, 2.24) is 10.2 Å². The summed E-state index contributed by atoms with van der Waals surface area (Å²) in [6, 6.07) is 7.46. The summed E-state index contributed by atoms with van der Waals surface area (Å²) >= 11 is 5.91. The Hall–Kier alpha value is -1.48. The van der Waals surface area contributed by atoms with E-state index in [0.29, 0.717) is 10.7 Å². The number of aromatic nitrogens is 2. The Morgan fingerprint density at radius 1 is 1.43 bits per heavy atom. The Balaban J connectivity index is 2.57. The standard InChI is InChI=1S/C10H10ClN3/c1-6-5-9(14-13-6)7-3-2-4-8(11)10(7)12/h2-5H,12H2,1H3,(H,13,14). The van der Waals surface area contributed by atoms with E-state index in [1.54, 1.807) is 6.07 Å². The first-order valence-corrected chi connectivity index (χ1v) is 4.62. The molecular weight excluding hydrogens is 198 g/mol. The molecule has 1 aromatic heterocycles. The van der Waals surface area contributed by atoms with Gasteiger partial charge in [-0.15, -0.1) is 0 Å². The zero-order chi connectivity index (χ0) is 10.1. The number of nitrogens with two attached hydrogens (primary N) is 1. The van der Waals surface area contributed by atoms with Gasteiger partial charge in [0.1, 0.15) is 0 Å². The molecule has 0 aliphatic rings. The monoisotopic (exact) mass is 207 g/mol. The van der Waals surface area contributed by atoms with Gasteiger partial charge in [0.15, 0.2) is 0 Å². The molecule has 2 rings (SSSR count). The highest BCUT2D eigenvalue weighted by Crippen LogP contribution is 2.30. The van der Waals surface area contributed by atoms with Crippen LogP contribution in [-0.2, 0) is 0 Å². The lowest BCUT2D eigenvalue weighted by atomic mass is 10.1. The van der Waals surface area contributed by atoms with Crippen LogP contribution >= 0.6 is 11.6 Å². The van der Waals surface area contributed by atoms with Crippen molar-refractivity contribution in [3.05, 3.63) is 35.0 Å². The fraction of sp³-hybridized carbons (Fsp3) is 0.100. The van der Waals surface area contributed by atoms with Gasteiger partial charge >= 0.3 is 0 Å². The van der Waals surface area contributed by atoms with Gasteiger partial charge in [0.2, 0.25) is 0 Å². The van der Waals surface area contributed by atoms with Crippen LogP contribution in [0.1, 0.15) is 5.69 Å². The molecule has 0 unspecified atom stereocenters. The highest BCUT2D eigenvalue weighted by molar-refractivity contribution is 6.33. The van der Waals surface area contributed by atoms with Gasteiger partial charge in [-0.1, -0.05) is 23.7 Å². The van der Waals surface area contributed by atoms with E-state index in [1.165, 1.54) is 0 Å². The largest absolute Gasteiger partial charge is 0.397 e. The molecule has 0 saturated carbocycles. The molecule has 4 heteroatoms. The number of hydrogen-bond acceptors (Lipinski definition) is 2. The lowest BCUT2D eigenvalue weighted by molar-refractivity contribution is 1.05. The van der Waals surface area contributed by atoms with E-state index in [9.17, 15) is 0 Å². The second kappa shape index (κ2) is 3.35. The lowest BCUT2D eigenvalue weighted by Crippen LogP contribution is -1.90. The molecule has 0 bridgehead atoms. The summed E-state index contributed by atoms with van der Waals surface area (Å²) in [6.45, 7) is 1.94. The second-order valence-corrected chi connectivity index (χ2v) is 3.54. The molecule has 0 amide bonds. The summed E-state index contributed by atoms with van der Waals surface area (Å²) in [5.41, 5.74) is 9.09. The van der Waals surface area contributed by atoms with E-state index in [2.05, 4.69) is 10.2 Å². The summed E-state index contributed by atoms with van der Waals surface area (Å²) in [5.74, 6) is 0. The van der Waals surface area contributed by atoms with Crippen molar-refractivity contribution in [2.24, 2.45) is 0 Å². The number of aryl methyl sites for hydroxylation is 1. The van der Waals surface area contributed by atoms with Crippen LogP contribution in [0, 0.1) is 6.92 Å². The molecule has 0 aliphatic heterocycles. The number of nitrogens with zero attached hydrogens (tertiary/aromatic N) is 1. The van der Waals surface area contributed by atoms with Crippen LogP contribution in [0.5, 0.6) is 0 Å². The summed E-state index contributed by atoms with van der Waals surface area (Å²) in [6.07, 6.45) is 0. The number of aromatic amines is 1. The quantitative estimate of drug-likeness (QED) is 0.707. The van der Waals surface area contributed by atoms with Gasteiger partial charge in [-0.05, 0) is 19.1 Å². The maximum absolute atomic E-state index is 5.91. The van der Waals surface area contributed by atoms with Gasteiger partial charge in [0.05, 0.1) is 16.4 Å². The Kier molecular flexibility index (Phi) is 2.17. The first kappa shape index (κ1) is 9.09. The third-order valence-corrected chi connectivity index (χ3v) is 2.36. The summed E-state index contributed by atoms with van der Waals surface area (Å²) < 4.78 is 0. The minimum Gasteiger partial charge on any atom is -0.397 e. The number of benzene rings is 1. The van der Waals surface area contributed by atoms with Crippen molar-refractivity contribution in [3.63, 3.8) is 0 Å². The molecule has 0 saturated heterocycles. The molecule has 3 nitrogen and oxygen atoms in total. The Morgan fingerprint density at radius 2 is 2.21 bits per heavy atom. The highest BCUT2D eigenvalue weighted by Gasteiger charge is 2.07.